The van der Waals surface area contributed by atoms with Crippen molar-refractivity contribution in [2.75, 3.05) is 0 Å². The molecule has 0 spiro atoms. The molecule has 3 aromatic heterocycles. The summed E-state index contributed by atoms with van der Waals surface area (Å²) in [7, 11) is 0. The summed E-state index contributed by atoms with van der Waals surface area (Å²) in [5, 5.41) is 4.38. The fourth-order valence-electron chi connectivity index (χ4n) is 2.81. The molecule has 7 heteroatoms. The van der Waals surface area contributed by atoms with Crippen LogP contribution in [0, 0.1) is 0 Å². The van der Waals surface area contributed by atoms with E-state index in [2.05, 4.69) is 32.2 Å². The first kappa shape index (κ1) is 15.3. The van der Waals surface area contributed by atoms with Gasteiger partial charge in [-0.3, -0.25) is 14.0 Å². The highest BCUT2D eigenvalue weighted by molar-refractivity contribution is 5.74. The van der Waals surface area contributed by atoms with Crippen molar-refractivity contribution in [1.82, 2.24) is 29.3 Å². The summed E-state index contributed by atoms with van der Waals surface area (Å²) in [5.74, 6) is 0.605. The van der Waals surface area contributed by atoms with E-state index in [4.69, 9.17) is 0 Å². The molecule has 1 aromatic carbocycles. The first-order valence-electron chi connectivity index (χ1n) is 8.26. The summed E-state index contributed by atoms with van der Waals surface area (Å²) >= 11 is 0. The standard InChI is InChI=1S/C18H18N6O/c1-2-8-23-12-19-17-15(18(23)25)21-16(22-17)14-9-20-24(11-14)10-13-6-4-3-5-7-13/h3-7,9,11-12H,2,8,10H2,1H3,(H,21,22). The van der Waals surface area contributed by atoms with Gasteiger partial charge in [-0.05, 0) is 12.0 Å². The molecule has 0 saturated heterocycles. The van der Waals surface area contributed by atoms with Gasteiger partial charge >= 0.3 is 0 Å². The Hall–Kier alpha value is -3.22. The predicted molar refractivity (Wildman–Crippen MR) is 95.2 cm³/mol. The van der Waals surface area contributed by atoms with Gasteiger partial charge in [0.05, 0.1) is 18.3 Å². The second-order valence-corrected chi connectivity index (χ2v) is 5.94. The average Bonchev–Trinajstić information content (AvgIpc) is 3.25. The second kappa shape index (κ2) is 6.35. The smallest absolute Gasteiger partial charge is 0.279 e. The molecule has 0 aliphatic rings. The van der Waals surface area contributed by atoms with Crippen LogP contribution in [0.5, 0.6) is 0 Å². The van der Waals surface area contributed by atoms with Gasteiger partial charge in [-0.15, -0.1) is 0 Å². The van der Waals surface area contributed by atoms with Crippen LogP contribution in [0.25, 0.3) is 22.6 Å². The van der Waals surface area contributed by atoms with Crippen molar-refractivity contribution in [2.24, 2.45) is 0 Å². The van der Waals surface area contributed by atoms with E-state index in [-0.39, 0.29) is 5.56 Å². The van der Waals surface area contributed by atoms with Gasteiger partial charge < -0.3 is 4.98 Å². The number of H-pyrrole nitrogens is 1. The van der Waals surface area contributed by atoms with Gasteiger partial charge in [0, 0.05) is 12.7 Å². The highest BCUT2D eigenvalue weighted by Crippen LogP contribution is 2.17. The maximum Gasteiger partial charge on any atom is 0.279 e. The predicted octanol–water partition coefficient (Wildman–Crippen LogP) is 2.44. The van der Waals surface area contributed by atoms with Crippen LogP contribution in [0.4, 0.5) is 0 Å². The number of benzene rings is 1. The lowest BCUT2D eigenvalue weighted by atomic mass is 10.2. The van der Waals surface area contributed by atoms with E-state index in [0.717, 1.165) is 12.0 Å². The summed E-state index contributed by atoms with van der Waals surface area (Å²) in [5.41, 5.74) is 2.77. The third-order valence-corrected chi connectivity index (χ3v) is 4.04. The Morgan fingerprint density at radius 1 is 1.20 bits per heavy atom. The Balaban J connectivity index is 1.66. The van der Waals surface area contributed by atoms with Gasteiger partial charge in [0.15, 0.2) is 11.2 Å². The Morgan fingerprint density at radius 3 is 2.84 bits per heavy atom. The van der Waals surface area contributed by atoms with Gasteiger partial charge in [0.25, 0.3) is 5.56 Å². The molecular weight excluding hydrogens is 316 g/mol. The van der Waals surface area contributed by atoms with E-state index < -0.39 is 0 Å². The highest BCUT2D eigenvalue weighted by Gasteiger charge is 2.12. The molecule has 1 N–H and O–H groups in total. The number of aromatic amines is 1. The molecule has 0 aliphatic carbocycles. The lowest BCUT2D eigenvalue weighted by molar-refractivity contribution is 0.647. The molecular formula is C18H18N6O. The Morgan fingerprint density at radius 2 is 2.04 bits per heavy atom. The van der Waals surface area contributed by atoms with E-state index in [1.165, 1.54) is 5.56 Å². The molecule has 0 fully saturated rings. The van der Waals surface area contributed by atoms with Gasteiger partial charge in [-0.2, -0.15) is 5.10 Å². The molecule has 0 amide bonds. The summed E-state index contributed by atoms with van der Waals surface area (Å²) in [6, 6.07) is 10.1. The number of rotatable bonds is 5. The third kappa shape index (κ3) is 2.96. The molecule has 3 heterocycles. The van der Waals surface area contributed by atoms with Crippen molar-refractivity contribution in [3.05, 3.63) is 65.0 Å². The SMILES string of the molecule is CCCn1cnc2nc(-c3cnn(Cc4ccccc4)c3)[nH]c2c1=O. The van der Waals surface area contributed by atoms with Gasteiger partial charge in [-0.25, -0.2) is 9.97 Å². The summed E-state index contributed by atoms with van der Waals surface area (Å²) in [6.07, 6.45) is 6.08. The number of aryl methyl sites for hydroxylation is 1. The van der Waals surface area contributed by atoms with Crippen molar-refractivity contribution < 1.29 is 0 Å². The molecule has 4 aromatic rings. The minimum Gasteiger partial charge on any atom is -0.332 e. The number of hydrogen-bond acceptors (Lipinski definition) is 4. The van der Waals surface area contributed by atoms with E-state index in [1.54, 1.807) is 17.1 Å². The number of nitrogens with zero attached hydrogens (tertiary/aromatic N) is 5. The lowest BCUT2D eigenvalue weighted by Crippen LogP contribution is -2.20. The molecule has 0 bridgehead atoms. The maximum atomic E-state index is 12.4. The number of hydrogen-bond donors (Lipinski definition) is 1. The largest absolute Gasteiger partial charge is 0.332 e. The van der Waals surface area contributed by atoms with Crippen LogP contribution >= 0.6 is 0 Å². The number of fused-ring (bicyclic) bond motifs is 1. The fourth-order valence-corrected chi connectivity index (χ4v) is 2.81. The molecule has 0 aliphatic heterocycles. The van der Waals surface area contributed by atoms with Gasteiger partial charge in [0.1, 0.15) is 12.2 Å². The van der Waals surface area contributed by atoms with Crippen LogP contribution in [0.1, 0.15) is 18.9 Å². The summed E-state index contributed by atoms with van der Waals surface area (Å²) in [6.45, 7) is 3.35. The lowest BCUT2D eigenvalue weighted by Gasteiger charge is -2.00. The normalized spacial score (nSPS) is 11.2. The van der Waals surface area contributed by atoms with Gasteiger partial charge in [0.2, 0.25) is 0 Å². The zero-order valence-corrected chi connectivity index (χ0v) is 13.9. The van der Waals surface area contributed by atoms with E-state index in [0.29, 0.717) is 30.1 Å². The molecule has 0 saturated carbocycles. The Bertz CT molecular complexity index is 1060. The van der Waals surface area contributed by atoms with Crippen LogP contribution in [-0.2, 0) is 13.1 Å². The third-order valence-electron chi connectivity index (χ3n) is 4.04. The van der Waals surface area contributed by atoms with Crippen LogP contribution in [0.15, 0.2) is 53.8 Å². The fraction of sp³-hybridized carbons (Fsp3) is 0.222. The highest BCUT2D eigenvalue weighted by atomic mass is 16.1. The number of nitrogens with one attached hydrogen (secondary N) is 1. The molecule has 7 nitrogen and oxygen atoms in total. The summed E-state index contributed by atoms with van der Waals surface area (Å²) < 4.78 is 3.45. The molecule has 4 rings (SSSR count). The van der Waals surface area contributed by atoms with Crippen molar-refractivity contribution in [3.63, 3.8) is 0 Å². The van der Waals surface area contributed by atoms with Crippen molar-refractivity contribution in [2.45, 2.75) is 26.4 Å². The maximum absolute atomic E-state index is 12.4. The quantitative estimate of drug-likeness (QED) is 0.608. The van der Waals surface area contributed by atoms with Crippen molar-refractivity contribution in [1.29, 1.82) is 0 Å². The minimum absolute atomic E-state index is 0.0951. The first-order chi connectivity index (χ1) is 12.2. The number of imidazole rings is 1. The topological polar surface area (TPSA) is 81.4 Å². The summed E-state index contributed by atoms with van der Waals surface area (Å²) in [4.78, 5) is 24.2. The molecule has 0 radical (unpaired) electrons. The van der Waals surface area contributed by atoms with Crippen LogP contribution in [0.2, 0.25) is 0 Å². The molecule has 0 unspecified atom stereocenters. The monoisotopic (exact) mass is 334 g/mol. The molecule has 0 atom stereocenters. The molecule has 25 heavy (non-hydrogen) atoms. The Labute approximate surface area is 144 Å². The zero-order valence-electron chi connectivity index (χ0n) is 13.9. The minimum atomic E-state index is -0.0951. The van der Waals surface area contributed by atoms with Gasteiger partial charge in [-0.1, -0.05) is 37.3 Å². The van der Waals surface area contributed by atoms with Crippen LogP contribution in [-0.4, -0.2) is 29.3 Å². The van der Waals surface area contributed by atoms with E-state index in [1.807, 2.05) is 36.0 Å². The first-order valence-corrected chi connectivity index (χ1v) is 8.26. The zero-order chi connectivity index (χ0) is 17.2. The van der Waals surface area contributed by atoms with Crippen LogP contribution in [0.3, 0.4) is 0 Å². The Kier molecular flexibility index (Phi) is 3.89. The van der Waals surface area contributed by atoms with Crippen molar-refractivity contribution in [3.8, 4) is 11.4 Å². The second-order valence-electron chi connectivity index (χ2n) is 5.94. The number of aromatic nitrogens is 6. The van der Waals surface area contributed by atoms with E-state index in [9.17, 15) is 4.79 Å². The molecule has 126 valence electrons. The van der Waals surface area contributed by atoms with E-state index >= 15 is 0 Å². The average molecular weight is 334 g/mol. The van der Waals surface area contributed by atoms with Crippen LogP contribution < -0.4 is 5.56 Å². The van der Waals surface area contributed by atoms with Crippen molar-refractivity contribution >= 4 is 11.2 Å².